The highest BCUT2D eigenvalue weighted by molar-refractivity contribution is 5.78. The number of amides is 1. The number of hydrogen-bond donors (Lipinski definition) is 1. The standard InChI is InChI=1S/C17H20N4O2/c1-23-17-16(18-7-8-19-17)20-11-13-4-2-5-14(10-13)12-21-9-3-6-15(21)22/h2,4-5,7-8,10H,3,6,9,11-12H2,1H3,(H,18,20). The van der Waals surface area contributed by atoms with Crippen molar-refractivity contribution < 1.29 is 9.53 Å². The van der Waals surface area contributed by atoms with Crippen molar-refractivity contribution in [3.8, 4) is 5.88 Å². The molecule has 1 N–H and O–H groups in total. The molecule has 2 aromatic rings. The molecule has 6 nitrogen and oxygen atoms in total. The highest BCUT2D eigenvalue weighted by Gasteiger charge is 2.19. The van der Waals surface area contributed by atoms with E-state index in [4.69, 9.17) is 4.74 Å². The summed E-state index contributed by atoms with van der Waals surface area (Å²) in [5, 5.41) is 3.23. The second-order valence-corrected chi connectivity index (χ2v) is 5.51. The number of nitrogens with zero attached hydrogens (tertiary/aromatic N) is 3. The van der Waals surface area contributed by atoms with Gasteiger partial charge in [0.2, 0.25) is 5.91 Å². The van der Waals surface area contributed by atoms with E-state index in [-0.39, 0.29) is 5.91 Å². The molecule has 0 aliphatic carbocycles. The van der Waals surface area contributed by atoms with Gasteiger partial charge in [-0.25, -0.2) is 9.97 Å². The molecule has 1 aromatic heterocycles. The number of methoxy groups -OCH3 is 1. The molecule has 0 unspecified atom stereocenters. The third-order valence-electron chi connectivity index (χ3n) is 3.85. The second-order valence-electron chi connectivity index (χ2n) is 5.51. The van der Waals surface area contributed by atoms with Crippen molar-refractivity contribution in [2.45, 2.75) is 25.9 Å². The van der Waals surface area contributed by atoms with E-state index in [1.807, 2.05) is 17.0 Å². The van der Waals surface area contributed by atoms with E-state index >= 15 is 0 Å². The number of carbonyl (C=O) groups excluding carboxylic acids is 1. The highest BCUT2D eigenvalue weighted by atomic mass is 16.5. The van der Waals surface area contributed by atoms with E-state index in [2.05, 4.69) is 27.4 Å². The summed E-state index contributed by atoms with van der Waals surface area (Å²) in [5.41, 5.74) is 2.27. The summed E-state index contributed by atoms with van der Waals surface area (Å²) in [6.07, 6.45) is 4.86. The highest BCUT2D eigenvalue weighted by Crippen LogP contribution is 2.19. The number of benzene rings is 1. The van der Waals surface area contributed by atoms with Crippen LogP contribution >= 0.6 is 0 Å². The lowest BCUT2D eigenvalue weighted by Crippen LogP contribution is -2.23. The van der Waals surface area contributed by atoms with Crippen LogP contribution in [0.5, 0.6) is 5.88 Å². The van der Waals surface area contributed by atoms with E-state index < -0.39 is 0 Å². The predicted molar refractivity (Wildman–Crippen MR) is 87.0 cm³/mol. The molecule has 0 spiro atoms. The molecule has 3 rings (SSSR count). The Morgan fingerprint density at radius 2 is 2.09 bits per heavy atom. The zero-order valence-electron chi connectivity index (χ0n) is 13.2. The molecule has 0 atom stereocenters. The summed E-state index contributed by atoms with van der Waals surface area (Å²) >= 11 is 0. The monoisotopic (exact) mass is 312 g/mol. The minimum absolute atomic E-state index is 0.248. The lowest BCUT2D eigenvalue weighted by Gasteiger charge is -2.16. The van der Waals surface area contributed by atoms with Crippen LogP contribution in [0.2, 0.25) is 0 Å². The van der Waals surface area contributed by atoms with Crippen molar-refractivity contribution in [1.29, 1.82) is 0 Å². The number of nitrogens with one attached hydrogen (secondary N) is 1. The zero-order valence-corrected chi connectivity index (χ0v) is 13.2. The lowest BCUT2D eigenvalue weighted by atomic mass is 10.1. The van der Waals surface area contributed by atoms with Gasteiger partial charge in [0.05, 0.1) is 7.11 Å². The van der Waals surface area contributed by atoms with Gasteiger partial charge in [0.1, 0.15) is 0 Å². The molecule has 2 heterocycles. The van der Waals surface area contributed by atoms with Crippen LogP contribution in [0.25, 0.3) is 0 Å². The van der Waals surface area contributed by atoms with E-state index in [9.17, 15) is 4.79 Å². The Balaban J connectivity index is 1.64. The summed E-state index contributed by atoms with van der Waals surface area (Å²) in [5.74, 6) is 1.35. The van der Waals surface area contributed by atoms with Gasteiger partial charge in [-0.1, -0.05) is 24.3 Å². The van der Waals surface area contributed by atoms with Gasteiger partial charge < -0.3 is 15.0 Å². The van der Waals surface area contributed by atoms with Gasteiger partial charge in [-0.2, -0.15) is 0 Å². The quantitative estimate of drug-likeness (QED) is 0.886. The fraction of sp³-hybridized carbons (Fsp3) is 0.353. The first kappa shape index (κ1) is 15.3. The maximum Gasteiger partial charge on any atom is 0.257 e. The van der Waals surface area contributed by atoms with E-state index in [1.54, 1.807) is 19.5 Å². The fourth-order valence-corrected chi connectivity index (χ4v) is 2.71. The molecule has 0 bridgehead atoms. The molecule has 6 heteroatoms. The molecule has 1 aromatic carbocycles. The Bertz CT molecular complexity index is 690. The van der Waals surface area contributed by atoms with Crippen molar-refractivity contribution in [1.82, 2.24) is 14.9 Å². The van der Waals surface area contributed by atoms with Crippen LogP contribution in [-0.2, 0) is 17.9 Å². The first-order chi connectivity index (χ1) is 11.3. The van der Waals surface area contributed by atoms with Crippen molar-refractivity contribution in [3.63, 3.8) is 0 Å². The number of likely N-dealkylation sites (tertiary alicyclic amines) is 1. The Labute approximate surface area is 135 Å². The molecule has 1 aliphatic heterocycles. The minimum Gasteiger partial charge on any atom is -0.478 e. The van der Waals surface area contributed by atoms with E-state index in [0.717, 1.165) is 24.1 Å². The lowest BCUT2D eigenvalue weighted by molar-refractivity contribution is -0.128. The van der Waals surface area contributed by atoms with Crippen LogP contribution < -0.4 is 10.1 Å². The van der Waals surface area contributed by atoms with Crippen molar-refractivity contribution in [2.75, 3.05) is 19.0 Å². The Morgan fingerprint density at radius 3 is 2.87 bits per heavy atom. The smallest absolute Gasteiger partial charge is 0.257 e. The molecular formula is C17H20N4O2. The van der Waals surface area contributed by atoms with Crippen LogP contribution in [0.15, 0.2) is 36.7 Å². The van der Waals surface area contributed by atoms with Gasteiger partial charge >= 0.3 is 0 Å². The summed E-state index contributed by atoms with van der Waals surface area (Å²) in [4.78, 5) is 22.0. The molecule has 120 valence electrons. The normalized spacial score (nSPS) is 14.1. The third-order valence-corrected chi connectivity index (χ3v) is 3.85. The van der Waals surface area contributed by atoms with E-state index in [0.29, 0.717) is 31.2 Å². The van der Waals surface area contributed by atoms with Gasteiger partial charge in [-0.3, -0.25) is 4.79 Å². The van der Waals surface area contributed by atoms with Gasteiger partial charge in [-0.05, 0) is 17.5 Å². The van der Waals surface area contributed by atoms with Gasteiger partial charge in [0, 0.05) is 38.4 Å². The van der Waals surface area contributed by atoms with Crippen LogP contribution in [0, 0.1) is 0 Å². The maximum atomic E-state index is 11.7. The number of carbonyl (C=O) groups is 1. The summed E-state index contributed by atoms with van der Waals surface area (Å²) in [6.45, 7) is 2.16. The first-order valence-electron chi connectivity index (χ1n) is 7.71. The maximum absolute atomic E-state index is 11.7. The Hall–Kier alpha value is -2.63. The van der Waals surface area contributed by atoms with Crippen molar-refractivity contribution in [2.24, 2.45) is 0 Å². The van der Waals surface area contributed by atoms with Crippen molar-refractivity contribution in [3.05, 3.63) is 47.8 Å². The average molecular weight is 312 g/mol. The van der Waals surface area contributed by atoms with Gasteiger partial charge in [-0.15, -0.1) is 0 Å². The largest absolute Gasteiger partial charge is 0.478 e. The number of hydrogen-bond acceptors (Lipinski definition) is 5. The van der Waals surface area contributed by atoms with E-state index in [1.165, 1.54) is 0 Å². The molecule has 0 saturated carbocycles. The number of anilines is 1. The molecule has 1 fully saturated rings. The molecule has 0 radical (unpaired) electrons. The zero-order chi connectivity index (χ0) is 16.1. The summed E-state index contributed by atoms with van der Waals surface area (Å²) in [7, 11) is 1.57. The third kappa shape index (κ3) is 3.77. The predicted octanol–water partition coefficient (Wildman–Crippen LogP) is 2.22. The molecular weight excluding hydrogens is 292 g/mol. The topological polar surface area (TPSA) is 67.4 Å². The molecule has 1 saturated heterocycles. The molecule has 1 aliphatic rings. The number of rotatable bonds is 6. The van der Waals surface area contributed by atoms with Crippen LogP contribution in [0.1, 0.15) is 24.0 Å². The fourth-order valence-electron chi connectivity index (χ4n) is 2.71. The van der Waals surface area contributed by atoms with Crippen LogP contribution in [-0.4, -0.2) is 34.4 Å². The minimum atomic E-state index is 0.248. The number of ether oxygens (including phenoxy) is 1. The van der Waals surface area contributed by atoms with Crippen LogP contribution in [0.3, 0.4) is 0 Å². The Kier molecular flexibility index (Phi) is 4.71. The SMILES string of the molecule is COc1nccnc1NCc1cccc(CN2CCCC2=O)c1. The van der Waals surface area contributed by atoms with Gasteiger partial charge in [0.15, 0.2) is 5.82 Å². The molecule has 1 amide bonds. The first-order valence-corrected chi connectivity index (χ1v) is 7.71. The second kappa shape index (κ2) is 7.09. The average Bonchev–Trinajstić information content (AvgIpc) is 2.98. The van der Waals surface area contributed by atoms with Crippen LogP contribution in [0.4, 0.5) is 5.82 Å². The summed E-state index contributed by atoms with van der Waals surface area (Å²) < 4.78 is 5.18. The molecule has 23 heavy (non-hydrogen) atoms. The Morgan fingerprint density at radius 1 is 1.26 bits per heavy atom. The van der Waals surface area contributed by atoms with Gasteiger partial charge in [0.25, 0.3) is 5.88 Å². The van der Waals surface area contributed by atoms with Crippen molar-refractivity contribution >= 4 is 11.7 Å². The number of aromatic nitrogens is 2. The summed E-state index contributed by atoms with van der Waals surface area (Å²) in [6, 6.07) is 8.23.